The maximum atomic E-state index is 12.4. The summed E-state index contributed by atoms with van der Waals surface area (Å²) in [6.45, 7) is 1.36. The number of fused-ring (bicyclic) bond motifs is 1. The summed E-state index contributed by atoms with van der Waals surface area (Å²) in [5.41, 5.74) is 2.55. The van der Waals surface area contributed by atoms with E-state index >= 15 is 0 Å². The number of benzene rings is 1. The van der Waals surface area contributed by atoms with Crippen LogP contribution in [0.3, 0.4) is 0 Å². The number of amides is 1. The van der Waals surface area contributed by atoms with Gasteiger partial charge in [0.2, 0.25) is 0 Å². The zero-order chi connectivity index (χ0) is 15.6. The number of hydrogen-bond donors (Lipinski definition) is 1. The molecule has 2 aromatic heterocycles. The highest BCUT2D eigenvalue weighted by atomic mass is 32.1. The highest BCUT2D eigenvalue weighted by Gasteiger charge is 2.19. The number of thiazole rings is 1. The van der Waals surface area contributed by atoms with Crippen molar-refractivity contribution in [3.63, 3.8) is 0 Å². The molecule has 1 atom stereocenters. The number of nitrogens with one attached hydrogen (secondary N) is 1. The SMILES string of the molecule is O=C(NCC1CCCO1)c1csc2nc(-c3ccccc3)cn12. The van der Waals surface area contributed by atoms with Gasteiger partial charge in [-0.1, -0.05) is 30.3 Å². The van der Waals surface area contributed by atoms with Crippen LogP contribution in [0.5, 0.6) is 0 Å². The average molecular weight is 327 g/mol. The van der Waals surface area contributed by atoms with Crippen LogP contribution in [0.4, 0.5) is 0 Å². The van der Waals surface area contributed by atoms with E-state index in [1.807, 2.05) is 46.3 Å². The fourth-order valence-corrected chi connectivity index (χ4v) is 3.65. The first-order valence-corrected chi connectivity index (χ1v) is 8.61. The summed E-state index contributed by atoms with van der Waals surface area (Å²) in [5.74, 6) is -0.0799. The first-order valence-electron chi connectivity index (χ1n) is 7.73. The minimum Gasteiger partial charge on any atom is -0.376 e. The van der Waals surface area contributed by atoms with Crippen LogP contribution in [0.1, 0.15) is 23.3 Å². The fraction of sp³-hybridized carbons (Fsp3) is 0.294. The smallest absolute Gasteiger partial charge is 0.269 e. The van der Waals surface area contributed by atoms with Gasteiger partial charge in [-0.3, -0.25) is 9.20 Å². The van der Waals surface area contributed by atoms with Gasteiger partial charge in [0.1, 0.15) is 5.69 Å². The molecule has 3 aromatic rings. The summed E-state index contributed by atoms with van der Waals surface area (Å²) in [4.78, 5) is 17.8. The van der Waals surface area contributed by atoms with Crippen LogP contribution in [0, 0.1) is 0 Å². The standard InChI is InChI=1S/C17H17N3O2S/c21-16(18-9-13-7-4-8-22-13)15-11-23-17-19-14(10-20(15)17)12-5-2-1-3-6-12/h1-3,5-6,10-11,13H,4,7-9H2,(H,18,21). The molecule has 0 bridgehead atoms. The number of hydrogen-bond acceptors (Lipinski definition) is 4. The van der Waals surface area contributed by atoms with Crippen molar-refractivity contribution >= 4 is 22.2 Å². The van der Waals surface area contributed by atoms with E-state index in [9.17, 15) is 4.79 Å². The van der Waals surface area contributed by atoms with Gasteiger partial charge in [0.15, 0.2) is 4.96 Å². The van der Waals surface area contributed by atoms with Crippen molar-refractivity contribution in [3.05, 3.63) is 47.6 Å². The number of aromatic nitrogens is 2. The van der Waals surface area contributed by atoms with Crippen LogP contribution < -0.4 is 5.32 Å². The molecule has 0 spiro atoms. The fourth-order valence-electron chi connectivity index (χ4n) is 2.80. The number of imidazole rings is 1. The quantitative estimate of drug-likeness (QED) is 0.801. The topological polar surface area (TPSA) is 55.6 Å². The summed E-state index contributed by atoms with van der Waals surface area (Å²) >= 11 is 1.48. The van der Waals surface area contributed by atoms with Crippen molar-refractivity contribution in [2.75, 3.05) is 13.2 Å². The lowest BCUT2D eigenvalue weighted by atomic mass is 10.2. The Morgan fingerprint density at radius 2 is 2.26 bits per heavy atom. The van der Waals surface area contributed by atoms with Gasteiger partial charge in [0.05, 0.1) is 11.8 Å². The Morgan fingerprint density at radius 1 is 1.39 bits per heavy atom. The summed E-state index contributed by atoms with van der Waals surface area (Å²) in [5, 5.41) is 4.81. The van der Waals surface area contributed by atoms with E-state index in [4.69, 9.17) is 4.74 Å². The first-order chi connectivity index (χ1) is 11.3. The molecule has 6 heteroatoms. The van der Waals surface area contributed by atoms with E-state index in [1.54, 1.807) is 0 Å². The lowest BCUT2D eigenvalue weighted by Gasteiger charge is -2.10. The molecule has 1 saturated heterocycles. The minimum atomic E-state index is -0.0799. The lowest BCUT2D eigenvalue weighted by Crippen LogP contribution is -2.32. The van der Waals surface area contributed by atoms with Gasteiger partial charge in [-0.05, 0) is 12.8 Å². The van der Waals surface area contributed by atoms with E-state index < -0.39 is 0 Å². The molecule has 3 heterocycles. The van der Waals surface area contributed by atoms with Crippen molar-refractivity contribution in [2.24, 2.45) is 0 Å². The van der Waals surface area contributed by atoms with Crippen LogP contribution in [-0.2, 0) is 4.74 Å². The first kappa shape index (κ1) is 14.4. The van der Waals surface area contributed by atoms with Gasteiger partial charge in [-0.15, -0.1) is 11.3 Å². The largest absolute Gasteiger partial charge is 0.376 e. The lowest BCUT2D eigenvalue weighted by molar-refractivity contribution is 0.0853. The van der Waals surface area contributed by atoms with Crippen LogP contribution in [0.2, 0.25) is 0 Å². The Kier molecular flexibility index (Phi) is 3.85. The maximum Gasteiger partial charge on any atom is 0.269 e. The van der Waals surface area contributed by atoms with Gasteiger partial charge in [-0.25, -0.2) is 4.98 Å². The van der Waals surface area contributed by atoms with Gasteiger partial charge < -0.3 is 10.1 Å². The third-order valence-corrected chi connectivity index (χ3v) is 4.87. The second-order valence-electron chi connectivity index (χ2n) is 5.61. The molecule has 1 aromatic carbocycles. The molecule has 1 N–H and O–H groups in total. The highest BCUT2D eigenvalue weighted by molar-refractivity contribution is 7.15. The van der Waals surface area contributed by atoms with Gasteiger partial charge >= 0.3 is 0 Å². The number of carbonyl (C=O) groups excluding carboxylic acids is 1. The Hall–Kier alpha value is -2.18. The zero-order valence-electron chi connectivity index (χ0n) is 12.6. The average Bonchev–Trinajstić information content (AvgIpc) is 3.30. The maximum absolute atomic E-state index is 12.4. The minimum absolute atomic E-state index is 0.0799. The molecule has 1 amide bonds. The molecule has 5 nitrogen and oxygen atoms in total. The highest BCUT2D eigenvalue weighted by Crippen LogP contribution is 2.23. The van der Waals surface area contributed by atoms with E-state index in [-0.39, 0.29) is 12.0 Å². The summed E-state index contributed by atoms with van der Waals surface area (Å²) in [6, 6.07) is 9.98. The predicted molar refractivity (Wildman–Crippen MR) is 89.8 cm³/mol. The second-order valence-corrected chi connectivity index (χ2v) is 6.45. The van der Waals surface area contributed by atoms with Gasteiger partial charge in [0, 0.05) is 30.3 Å². The normalized spacial score (nSPS) is 17.7. The van der Waals surface area contributed by atoms with E-state index in [0.29, 0.717) is 12.2 Å². The third-order valence-electron chi connectivity index (χ3n) is 4.03. The van der Waals surface area contributed by atoms with Crippen LogP contribution in [0.25, 0.3) is 16.2 Å². The number of ether oxygens (including phenoxy) is 1. The molecular formula is C17H17N3O2S. The molecule has 1 aliphatic rings. The molecule has 1 fully saturated rings. The molecule has 23 heavy (non-hydrogen) atoms. The van der Waals surface area contributed by atoms with E-state index in [2.05, 4.69) is 10.3 Å². The Bertz CT molecular complexity index is 819. The Labute approximate surface area is 137 Å². The monoisotopic (exact) mass is 327 g/mol. The van der Waals surface area contributed by atoms with Crippen molar-refractivity contribution in [1.29, 1.82) is 0 Å². The van der Waals surface area contributed by atoms with Crippen molar-refractivity contribution in [1.82, 2.24) is 14.7 Å². The zero-order valence-corrected chi connectivity index (χ0v) is 13.4. The molecule has 0 saturated carbocycles. The van der Waals surface area contributed by atoms with Crippen molar-refractivity contribution in [2.45, 2.75) is 18.9 Å². The van der Waals surface area contributed by atoms with Crippen LogP contribution >= 0.6 is 11.3 Å². The molecule has 1 unspecified atom stereocenters. The molecule has 0 radical (unpaired) electrons. The van der Waals surface area contributed by atoms with Crippen molar-refractivity contribution < 1.29 is 9.53 Å². The summed E-state index contributed by atoms with van der Waals surface area (Å²) in [7, 11) is 0. The molecule has 4 rings (SSSR count). The molecule has 118 valence electrons. The van der Waals surface area contributed by atoms with Gasteiger partial charge in [-0.2, -0.15) is 0 Å². The Balaban J connectivity index is 1.55. The summed E-state index contributed by atoms with van der Waals surface area (Å²) in [6.07, 6.45) is 4.16. The second kappa shape index (κ2) is 6.14. The Morgan fingerprint density at radius 3 is 3.04 bits per heavy atom. The summed E-state index contributed by atoms with van der Waals surface area (Å²) < 4.78 is 7.40. The molecular weight excluding hydrogens is 310 g/mol. The van der Waals surface area contributed by atoms with Crippen LogP contribution in [0.15, 0.2) is 41.9 Å². The predicted octanol–water partition coefficient (Wildman–Crippen LogP) is 2.97. The van der Waals surface area contributed by atoms with E-state index in [1.165, 1.54) is 11.3 Å². The molecule has 1 aliphatic heterocycles. The number of rotatable bonds is 4. The van der Waals surface area contributed by atoms with E-state index in [0.717, 1.165) is 35.7 Å². The molecule has 0 aliphatic carbocycles. The number of nitrogens with zero attached hydrogens (tertiary/aromatic N) is 2. The van der Waals surface area contributed by atoms with Gasteiger partial charge in [0.25, 0.3) is 5.91 Å². The van der Waals surface area contributed by atoms with Crippen LogP contribution in [-0.4, -0.2) is 34.5 Å². The van der Waals surface area contributed by atoms with Crippen molar-refractivity contribution in [3.8, 4) is 11.3 Å². The number of carbonyl (C=O) groups is 1. The third kappa shape index (κ3) is 2.87.